The molecule has 0 amide bonds. The third kappa shape index (κ3) is 3.80. The van der Waals surface area contributed by atoms with Gasteiger partial charge in [-0.05, 0) is 35.3 Å². The molecule has 1 atom stereocenters. The van der Waals surface area contributed by atoms with Gasteiger partial charge in [-0.25, -0.2) is 9.37 Å². The van der Waals surface area contributed by atoms with Crippen LogP contribution in [-0.2, 0) is 0 Å². The predicted octanol–water partition coefficient (Wildman–Crippen LogP) is 3.41. The van der Waals surface area contributed by atoms with Crippen LogP contribution < -0.4 is 5.32 Å². The molecule has 0 aromatic carbocycles. The first-order chi connectivity index (χ1) is 6.59. The Morgan fingerprint density at radius 3 is 3.00 bits per heavy atom. The van der Waals surface area contributed by atoms with Crippen molar-refractivity contribution in [2.24, 2.45) is 0 Å². The van der Waals surface area contributed by atoms with Crippen molar-refractivity contribution >= 4 is 33.3 Å². The summed E-state index contributed by atoms with van der Waals surface area (Å²) in [4.78, 5) is 3.90. The molecule has 1 heterocycles. The number of rotatable bonds is 4. The maximum Gasteiger partial charge on any atom is 0.166 e. The lowest BCUT2D eigenvalue weighted by molar-refractivity contribution is 0.622. The molecular formula is C9H11BrClFN2. The van der Waals surface area contributed by atoms with E-state index in [4.69, 9.17) is 11.6 Å². The molecule has 0 spiro atoms. The fourth-order valence-electron chi connectivity index (χ4n) is 0.934. The van der Waals surface area contributed by atoms with Crippen LogP contribution in [0.15, 0.2) is 16.7 Å². The van der Waals surface area contributed by atoms with Gasteiger partial charge in [0.15, 0.2) is 11.6 Å². The van der Waals surface area contributed by atoms with E-state index in [9.17, 15) is 4.39 Å². The number of nitrogens with zero attached hydrogens (tertiary/aromatic N) is 1. The van der Waals surface area contributed by atoms with E-state index in [1.807, 2.05) is 6.92 Å². The van der Waals surface area contributed by atoms with Crippen LogP contribution in [0.25, 0.3) is 0 Å². The molecule has 5 heteroatoms. The van der Waals surface area contributed by atoms with Crippen LogP contribution in [-0.4, -0.2) is 16.9 Å². The summed E-state index contributed by atoms with van der Waals surface area (Å²) in [5, 5.41) is 2.96. The van der Waals surface area contributed by atoms with Crippen molar-refractivity contribution in [3.8, 4) is 0 Å². The third-order valence-corrected chi connectivity index (χ3v) is 2.29. The third-order valence-electron chi connectivity index (χ3n) is 1.64. The van der Waals surface area contributed by atoms with Gasteiger partial charge < -0.3 is 5.32 Å². The number of halogens is 3. The molecule has 2 nitrogen and oxygen atoms in total. The van der Waals surface area contributed by atoms with Crippen LogP contribution in [0.1, 0.15) is 13.3 Å². The van der Waals surface area contributed by atoms with Gasteiger partial charge in [-0.3, -0.25) is 0 Å². The fraction of sp³-hybridized carbons (Fsp3) is 0.444. The van der Waals surface area contributed by atoms with E-state index in [-0.39, 0.29) is 17.0 Å². The largest absolute Gasteiger partial charge is 0.368 e. The van der Waals surface area contributed by atoms with Crippen molar-refractivity contribution in [3.63, 3.8) is 0 Å². The summed E-state index contributed by atoms with van der Waals surface area (Å²) < 4.78 is 13.8. The normalized spacial score (nSPS) is 12.6. The molecule has 1 rings (SSSR count). The Hall–Kier alpha value is -0.350. The zero-order valence-electron chi connectivity index (χ0n) is 7.73. The molecule has 0 radical (unpaired) electrons. The minimum Gasteiger partial charge on any atom is -0.368 e. The summed E-state index contributed by atoms with van der Waals surface area (Å²) in [6.07, 6.45) is 2.33. The average molecular weight is 282 g/mol. The van der Waals surface area contributed by atoms with Gasteiger partial charge in [0.05, 0.1) is 0 Å². The van der Waals surface area contributed by atoms with Crippen molar-refractivity contribution < 1.29 is 4.39 Å². The lowest BCUT2D eigenvalue weighted by Crippen LogP contribution is -2.08. The highest BCUT2D eigenvalue weighted by Gasteiger charge is 2.03. The van der Waals surface area contributed by atoms with Crippen LogP contribution in [0.3, 0.4) is 0 Å². The molecule has 0 aliphatic carbocycles. The molecule has 0 aliphatic heterocycles. The van der Waals surface area contributed by atoms with Crippen LogP contribution in [0.5, 0.6) is 0 Å². The monoisotopic (exact) mass is 280 g/mol. The molecule has 0 saturated carbocycles. The summed E-state index contributed by atoms with van der Waals surface area (Å²) in [7, 11) is 0. The molecular weight excluding hydrogens is 270 g/mol. The van der Waals surface area contributed by atoms with Crippen LogP contribution in [0, 0.1) is 5.82 Å². The second-order valence-electron chi connectivity index (χ2n) is 2.98. The zero-order chi connectivity index (χ0) is 10.6. The van der Waals surface area contributed by atoms with Crippen molar-refractivity contribution in [2.45, 2.75) is 18.7 Å². The van der Waals surface area contributed by atoms with Gasteiger partial charge in [-0.1, -0.05) is 0 Å². The van der Waals surface area contributed by atoms with E-state index >= 15 is 0 Å². The Morgan fingerprint density at radius 2 is 2.43 bits per heavy atom. The van der Waals surface area contributed by atoms with E-state index < -0.39 is 0 Å². The highest BCUT2D eigenvalue weighted by molar-refractivity contribution is 9.10. The lowest BCUT2D eigenvalue weighted by Gasteiger charge is -2.07. The van der Waals surface area contributed by atoms with Gasteiger partial charge in [0.2, 0.25) is 0 Å². The van der Waals surface area contributed by atoms with Gasteiger partial charge >= 0.3 is 0 Å². The van der Waals surface area contributed by atoms with Crippen molar-refractivity contribution in [2.75, 3.05) is 11.9 Å². The first kappa shape index (κ1) is 11.7. The molecule has 0 bridgehead atoms. The topological polar surface area (TPSA) is 24.9 Å². The quantitative estimate of drug-likeness (QED) is 0.856. The summed E-state index contributed by atoms with van der Waals surface area (Å²) in [6, 6.07) is 1.37. The minimum atomic E-state index is -0.360. The Balaban J connectivity index is 2.51. The maximum atomic E-state index is 13.2. The predicted molar refractivity (Wildman–Crippen MR) is 60.3 cm³/mol. The highest BCUT2D eigenvalue weighted by atomic mass is 79.9. The average Bonchev–Trinajstić information content (AvgIpc) is 2.08. The van der Waals surface area contributed by atoms with Crippen LogP contribution >= 0.6 is 27.5 Å². The summed E-state index contributed by atoms with van der Waals surface area (Å²) in [5.74, 6) is -0.0906. The number of hydrogen-bond donors (Lipinski definition) is 1. The van der Waals surface area contributed by atoms with Crippen molar-refractivity contribution in [1.82, 2.24) is 4.98 Å². The van der Waals surface area contributed by atoms with Gasteiger partial charge in [0.25, 0.3) is 0 Å². The van der Waals surface area contributed by atoms with E-state index in [0.29, 0.717) is 11.0 Å². The lowest BCUT2D eigenvalue weighted by atomic mass is 10.3. The Kier molecular flexibility index (Phi) is 4.62. The number of pyridine rings is 1. The molecule has 14 heavy (non-hydrogen) atoms. The maximum absolute atomic E-state index is 13.2. The summed E-state index contributed by atoms with van der Waals surface area (Å²) >= 11 is 8.88. The minimum absolute atomic E-state index is 0.0843. The molecule has 1 aromatic heterocycles. The standard InChI is InChI=1S/C9H11BrClFN2/c1-6(11)2-3-13-9-8(12)4-7(10)5-14-9/h4-6H,2-3H2,1H3,(H,13,14). The second-order valence-corrected chi connectivity index (χ2v) is 4.64. The second kappa shape index (κ2) is 5.51. The molecule has 0 saturated heterocycles. The number of nitrogens with one attached hydrogen (secondary N) is 1. The molecule has 78 valence electrons. The van der Waals surface area contributed by atoms with E-state index in [1.54, 1.807) is 6.20 Å². The first-order valence-corrected chi connectivity index (χ1v) is 5.51. The number of anilines is 1. The molecule has 0 aliphatic rings. The van der Waals surface area contributed by atoms with Gasteiger partial charge in [0.1, 0.15) is 0 Å². The van der Waals surface area contributed by atoms with Crippen LogP contribution in [0.4, 0.5) is 10.2 Å². The number of hydrogen-bond acceptors (Lipinski definition) is 2. The summed E-state index contributed by atoms with van der Waals surface area (Å²) in [6.45, 7) is 2.52. The zero-order valence-corrected chi connectivity index (χ0v) is 10.1. The molecule has 1 N–H and O–H groups in total. The molecule has 0 fully saturated rings. The van der Waals surface area contributed by atoms with Gasteiger partial charge in [0, 0.05) is 22.6 Å². The smallest absolute Gasteiger partial charge is 0.166 e. The first-order valence-electron chi connectivity index (χ1n) is 4.28. The van der Waals surface area contributed by atoms with E-state index in [2.05, 4.69) is 26.2 Å². The van der Waals surface area contributed by atoms with Crippen LogP contribution in [0.2, 0.25) is 0 Å². The molecule has 1 unspecified atom stereocenters. The van der Waals surface area contributed by atoms with Crippen molar-refractivity contribution in [3.05, 3.63) is 22.6 Å². The summed E-state index contributed by atoms with van der Waals surface area (Å²) in [5.41, 5.74) is 0. The Morgan fingerprint density at radius 1 is 1.71 bits per heavy atom. The van der Waals surface area contributed by atoms with Gasteiger partial charge in [-0.15, -0.1) is 11.6 Å². The van der Waals surface area contributed by atoms with E-state index in [0.717, 1.165) is 6.42 Å². The van der Waals surface area contributed by atoms with Gasteiger partial charge in [-0.2, -0.15) is 0 Å². The number of alkyl halides is 1. The highest BCUT2D eigenvalue weighted by Crippen LogP contribution is 2.16. The van der Waals surface area contributed by atoms with Crippen molar-refractivity contribution in [1.29, 1.82) is 0 Å². The molecule has 1 aromatic rings. The Labute approximate surface area is 96.0 Å². The number of aromatic nitrogens is 1. The van der Waals surface area contributed by atoms with E-state index in [1.165, 1.54) is 6.07 Å². The fourth-order valence-corrected chi connectivity index (χ4v) is 1.35. The SMILES string of the molecule is CC(Cl)CCNc1ncc(Br)cc1F. The Bertz CT molecular complexity index is 307.